The third-order valence-corrected chi connectivity index (χ3v) is 3.50. The number of rotatable bonds is 5. The highest BCUT2D eigenvalue weighted by Gasteiger charge is 2.18. The molecule has 0 fully saturated rings. The van der Waals surface area contributed by atoms with Crippen LogP contribution in [-0.2, 0) is 13.5 Å². The molecule has 0 aliphatic carbocycles. The summed E-state index contributed by atoms with van der Waals surface area (Å²) < 4.78 is 1.76. The highest BCUT2D eigenvalue weighted by atomic mass is 15.4. The number of nitrogens with zero attached hydrogens (tertiary/aromatic N) is 3. The number of hydrogen-bond donors (Lipinski definition) is 1. The van der Waals surface area contributed by atoms with E-state index in [1.54, 1.807) is 4.68 Å². The molecule has 4 heteroatoms. The molecule has 2 aromatic rings. The van der Waals surface area contributed by atoms with Crippen molar-refractivity contribution in [2.45, 2.75) is 45.6 Å². The first-order valence-corrected chi connectivity index (χ1v) is 7.50. The Labute approximate surface area is 127 Å². The first kappa shape index (κ1) is 15.7. The van der Waals surface area contributed by atoms with Crippen LogP contribution in [-0.4, -0.2) is 27.1 Å². The van der Waals surface area contributed by atoms with E-state index in [1.807, 2.05) is 13.2 Å². The Balaban J connectivity index is 2.17. The van der Waals surface area contributed by atoms with E-state index in [2.05, 4.69) is 67.6 Å². The molecule has 114 valence electrons. The average Bonchev–Trinajstić information content (AvgIpc) is 2.79. The zero-order valence-corrected chi connectivity index (χ0v) is 13.7. The molecule has 1 aromatic heterocycles. The highest BCUT2D eigenvalue weighted by Crippen LogP contribution is 2.21. The number of nitrogens with one attached hydrogen (secondary N) is 1. The zero-order chi connectivity index (χ0) is 15.5. The molecule has 0 bridgehead atoms. The van der Waals surface area contributed by atoms with Gasteiger partial charge in [0, 0.05) is 37.7 Å². The van der Waals surface area contributed by atoms with Crippen molar-refractivity contribution in [2.75, 3.05) is 6.54 Å². The third kappa shape index (κ3) is 4.97. The van der Waals surface area contributed by atoms with Gasteiger partial charge in [0.25, 0.3) is 0 Å². The van der Waals surface area contributed by atoms with E-state index < -0.39 is 0 Å². The van der Waals surface area contributed by atoms with Crippen LogP contribution >= 0.6 is 0 Å². The van der Waals surface area contributed by atoms with Crippen molar-refractivity contribution in [3.63, 3.8) is 0 Å². The quantitative estimate of drug-likeness (QED) is 0.919. The molecule has 1 aromatic carbocycles. The number of aryl methyl sites for hydroxylation is 2. The van der Waals surface area contributed by atoms with Crippen LogP contribution in [0.1, 0.15) is 43.5 Å². The van der Waals surface area contributed by atoms with Crippen LogP contribution in [0.25, 0.3) is 0 Å². The molecule has 1 unspecified atom stereocenters. The summed E-state index contributed by atoms with van der Waals surface area (Å²) in [7, 11) is 1.91. The maximum atomic E-state index is 4.23. The van der Waals surface area contributed by atoms with Crippen molar-refractivity contribution < 1.29 is 0 Å². The molecule has 0 aliphatic heterocycles. The van der Waals surface area contributed by atoms with Gasteiger partial charge in [0.15, 0.2) is 0 Å². The summed E-state index contributed by atoms with van der Waals surface area (Å²) >= 11 is 0. The SMILES string of the molecule is Cc1cccc(C(CNC(C)(C)C)Cc2cn(C)nn2)c1. The van der Waals surface area contributed by atoms with E-state index in [9.17, 15) is 0 Å². The Bertz CT molecular complexity index is 580. The van der Waals surface area contributed by atoms with Crippen molar-refractivity contribution in [3.8, 4) is 0 Å². The summed E-state index contributed by atoms with van der Waals surface area (Å²) in [5.74, 6) is 0.404. The van der Waals surface area contributed by atoms with E-state index >= 15 is 0 Å². The zero-order valence-electron chi connectivity index (χ0n) is 13.7. The molecule has 4 nitrogen and oxygen atoms in total. The fraction of sp³-hybridized carbons (Fsp3) is 0.529. The Morgan fingerprint density at radius 3 is 2.62 bits per heavy atom. The molecule has 1 N–H and O–H groups in total. The van der Waals surface area contributed by atoms with Crippen LogP contribution in [0.2, 0.25) is 0 Å². The Kier molecular flexibility index (Phi) is 4.78. The Hall–Kier alpha value is -1.68. The fourth-order valence-electron chi connectivity index (χ4n) is 2.40. The van der Waals surface area contributed by atoms with Crippen molar-refractivity contribution in [3.05, 3.63) is 47.3 Å². The molecule has 2 rings (SSSR count). The minimum absolute atomic E-state index is 0.116. The van der Waals surface area contributed by atoms with Gasteiger partial charge in [-0.15, -0.1) is 5.10 Å². The minimum atomic E-state index is 0.116. The van der Waals surface area contributed by atoms with Crippen molar-refractivity contribution in [2.24, 2.45) is 7.05 Å². The molecular weight excluding hydrogens is 260 g/mol. The molecule has 21 heavy (non-hydrogen) atoms. The van der Waals surface area contributed by atoms with E-state index in [-0.39, 0.29) is 5.54 Å². The first-order chi connectivity index (χ1) is 9.83. The molecule has 0 aliphatic rings. The molecule has 0 amide bonds. The number of benzene rings is 1. The van der Waals surface area contributed by atoms with Gasteiger partial charge < -0.3 is 5.32 Å². The molecule has 0 radical (unpaired) electrons. The summed E-state index contributed by atoms with van der Waals surface area (Å²) in [4.78, 5) is 0. The summed E-state index contributed by atoms with van der Waals surface area (Å²) in [6, 6.07) is 8.75. The molecular formula is C17H26N4. The highest BCUT2D eigenvalue weighted by molar-refractivity contribution is 5.27. The van der Waals surface area contributed by atoms with E-state index in [0.29, 0.717) is 5.92 Å². The predicted octanol–water partition coefficient (Wildman–Crippen LogP) is 2.84. The standard InChI is InChI=1S/C17H26N4/c1-13-7-6-8-14(9-13)15(11-18-17(2,3)4)10-16-12-21(5)20-19-16/h6-9,12,15,18H,10-11H2,1-5H3. The maximum Gasteiger partial charge on any atom is 0.0833 e. The second kappa shape index (κ2) is 6.39. The van der Waals surface area contributed by atoms with Crippen molar-refractivity contribution >= 4 is 0 Å². The molecule has 0 saturated carbocycles. The second-order valence-electron chi connectivity index (χ2n) is 6.83. The van der Waals surface area contributed by atoms with Gasteiger partial charge in [0.05, 0.1) is 5.69 Å². The summed E-state index contributed by atoms with van der Waals surface area (Å²) in [6.45, 7) is 9.66. The average molecular weight is 286 g/mol. The Morgan fingerprint density at radius 1 is 1.29 bits per heavy atom. The van der Waals surface area contributed by atoms with Gasteiger partial charge in [0.2, 0.25) is 0 Å². The molecule has 0 saturated heterocycles. The van der Waals surface area contributed by atoms with Gasteiger partial charge in [-0.1, -0.05) is 35.0 Å². The van der Waals surface area contributed by atoms with Gasteiger partial charge in [-0.05, 0) is 33.3 Å². The topological polar surface area (TPSA) is 42.7 Å². The summed E-state index contributed by atoms with van der Waals surface area (Å²) in [6.07, 6.45) is 2.90. The third-order valence-electron chi connectivity index (χ3n) is 3.50. The normalized spacial score (nSPS) is 13.4. The lowest BCUT2D eigenvalue weighted by molar-refractivity contribution is 0.404. The first-order valence-electron chi connectivity index (χ1n) is 7.50. The maximum absolute atomic E-state index is 4.23. The van der Waals surface area contributed by atoms with Gasteiger partial charge >= 0.3 is 0 Å². The van der Waals surface area contributed by atoms with E-state index in [4.69, 9.17) is 0 Å². The molecule has 1 heterocycles. The van der Waals surface area contributed by atoms with Crippen molar-refractivity contribution in [1.82, 2.24) is 20.3 Å². The number of hydrogen-bond acceptors (Lipinski definition) is 3. The lowest BCUT2D eigenvalue weighted by Gasteiger charge is -2.25. The lowest BCUT2D eigenvalue weighted by atomic mass is 9.92. The monoisotopic (exact) mass is 286 g/mol. The van der Waals surface area contributed by atoms with Gasteiger partial charge in [-0.3, -0.25) is 4.68 Å². The van der Waals surface area contributed by atoms with Crippen LogP contribution in [0.3, 0.4) is 0 Å². The van der Waals surface area contributed by atoms with Crippen LogP contribution in [0.5, 0.6) is 0 Å². The van der Waals surface area contributed by atoms with Crippen molar-refractivity contribution in [1.29, 1.82) is 0 Å². The van der Waals surface area contributed by atoms with Crippen LogP contribution in [0, 0.1) is 6.92 Å². The fourth-order valence-corrected chi connectivity index (χ4v) is 2.40. The smallest absolute Gasteiger partial charge is 0.0833 e. The molecule has 0 spiro atoms. The predicted molar refractivity (Wildman–Crippen MR) is 86.4 cm³/mol. The van der Waals surface area contributed by atoms with E-state index in [1.165, 1.54) is 11.1 Å². The van der Waals surface area contributed by atoms with Crippen LogP contribution in [0.4, 0.5) is 0 Å². The van der Waals surface area contributed by atoms with Crippen LogP contribution < -0.4 is 5.32 Å². The largest absolute Gasteiger partial charge is 0.311 e. The lowest BCUT2D eigenvalue weighted by Crippen LogP contribution is -2.39. The van der Waals surface area contributed by atoms with Gasteiger partial charge in [-0.2, -0.15) is 0 Å². The van der Waals surface area contributed by atoms with Crippen LogP contribution in [0.15, 0.2) is 30.5 Å². The second-order valence-corrected chi connectivity index (χ2v) is 6.83. The number of aromatic nitrogens is 3. The molecule has 1 atom stereocenters. The van der Waals surface area contributed by atoms with Gasteiger partial charge in [0.1, 0.15) is 0 Å². The van der Waals surface area contributed by atoms with Gasteiger partial charge in [-0.25, -0.2) is 0 Å². The Morgan fingerprint density at radius 2 is 2.05 bits per heavy atom. The summed E-state index contributed by atoms with van der Waals surface area (Å²) in [5, 5.41) is 11.9. The minimum Gasteiger partial charge on any atom is -0.311 e. The summed E-state index contributed by atoms with van der Waals surface area (Å²) in [5.41, 5.74) is 3.81. The van der Waals surface area contributed by atoms with E-state index in [0.717, 1.165) is 18.7 Å².